The molecule has 0 bridgehead atoms. The second-order valence-electron chi connectivity index (χ2n) is 2.88. The maximum Gasteiger partial charge on any atom is 0.211 e. The third kappa shape index (κ3) is 11.6. The molecule has 0 aliphatic heterocycles. The number of nitrogens with zero attached hydrogens (tertiary/aromatic N) is 1. The van der Waals surface area contributed by atoms with Crippen molar-refractivity contribution in [2.24, 2.45) is 4.99 Å². The van der Waals surface area contributed by atoms with E-state index in [2.05, 4.69) is 16.4 Å². The largest absolute Gasteiger partial charge is 0.394 e. The first kappa shape index (κ1) is 13.6. The molecule has 0 atom stereocenters. The van der Waals surface area contributed by atoms with E-state index in [0.717, 1.165) is 25.7 Å². The average molecular weight is 218 g/mol. The second kappa shape index (κ2) is 10.6. The van der Waals surface area contributed by atoms with Crippen LogP contribution in [0, 0.1) is 0 Å². The number of nitrogens with one attached hydrogen (secondary N) is 1. The van der Waals surface area contributed by atoms with Crippen LogP contribution in [0.4, 0.5) is 0 Å². The highest BCUT2D eigenvalue weighted by Crippen LogP contribution is 2.16. The summed E-state index contributed by atoms with van der Waals surface area (Å²) >= 11 is 0. The van der Waals surface area contributed by atoms with E-state index in [1.807, 2.05) is 13.2 Å². The van der Waals surface area contributed by atoms with Crippen LogP contribution in [-0.4, -0.2) is 29.3 Å². The van der Waals surface area contributed by atoms with E-state index >= 15 is 0 Å². The monoisotopic (exact) mass is 218 g/mol. The smallest absolute Gasteiger partial charge is 0.211 e. The van der Waals surface area contributed by atoms with Crippen molar-refractivity contribution in [3.8, 4) is 0 Å². The van der Waals surface area contributed by atoms with E-state index < -0.39 is 8.38 Å². The van der Waals surface area contributed by atoms with Gasteiger partial charge in [0, 0.05) is 13.6 Å². The highest BCUT2D eigenvalue weighted by atomic mass is 31.2. The summed E-state index contributed by atoms with van der Waals surface area (Å²) in [4.78, 5) is 20.9. The lowest BCUT2D eigenvalue weighted by Gasteiger charge is -1.95. The minimum atomic E-state index is -1.94. The Hall–Kier alpha value is -0.440. The summed E-state index contributed by atoms with van der Waals surface area (Å²) < 4.78 is 0. The molecule has 82 valence electrons. The Balaban J connectivity index is 3.10. The molecule has 0 fully saturated rings. The Morgan fingerprint density at radius 2 is 2.07 bits per heavy atom. The predicted octanol–water partition coefficient (Wildman–Crippen LogP) is 1.60. The van der Waals surface area contributed by atoms with E-state index in [1.54, 1.807) is 0 Å². The Morgan fingerprint density at radius 3 is 2.71 bits per heavy atom. The minimum absolute atomic E-state index is 0.690. The molecule has 0 radical (unpaired) electrons. The maximum atomic E-state index is 8.51. The van der Waals surface area contributed by atoms with Crippen molar-refractivity contribution in [3.63, 3.8) is 0 Å². The molecular weight excluding hydrogens is 199 g/mol. The van der Waals surface area contributed by atoms with Gasteiger partial charge in [0.05, 0.1) is 5.96 Å². The molecular formula is C9H19N2O2P. The predicted molar refractivity (Wildman–Crippen MR) is 61.4 cm³/mol. The van der Waals surface area contributed by atoms with Crippen LogP contribution in [0.3, 0.4) is 0 Å². The topological polar surface area (TPSA) is 64.9 Å². The fourth-order valence-electron chi connectivity index (χ4n) is 0.974. The van der Waals surface area contributed by atoms with Crippen molar-refractivity contribution in [2.75, 3.05) is 13.6 Å². The normalized spacial score (nSPS) is 12.0. The number of aliphatic imine (C=N–C) groups is 1. The van der Waals surface area contributed by atoms with Gasteiger partial charge in [0.15, 0.2) is 0 Å². The Kier molecular flexibility index (Phi) is 10.3. The number of hydrogen-bond acceptors (Lipinski definition) is 4. The highest BCUT2D eigenvalue weighted by molar-refractivity contribution is 7.61. The number of allylic oxidation sites excluding steroid dienone is 1. The van der Waals surface area contributed by atoms with Crippen molar-refractivity contribution < 1.29 is 9.79 Å². The summed E-state index contributed by atoms with van der Waals surface area (Å²) in [7, 11) is -0.0619. The third-order valence-electron chi connectivity index (χ3n) is 1.63. The van der Waals surface area contributed by atoms with Crippen LogP contribution in [0.2, 0.25) is 0 Å². The lowest BCUT2D eigenvalue weighted by Crippen LogP contribution is -1.90. The Labute approximate surface area is 86.7 Å². The van der Waals surface area contributed by atoms with Gasteiger partial charge in [-0.3, -0.25) is 4.99 Å². The first-order valence-corrected chi connectivity index (χ1v) is 6.08. The van der Waals surface area contributed by atoms with E-state index in [-0.39, 0.29) is 0 Å². The molecule has 4 nitrogen and oxygen atoms in total. The summed E-state index contributed by atoms with van der Waals surface area (Å²) in [6.45, 7) is 0.690. The molecule has 0 amide bonds. The molecule has 0 spiro atoms. The molecule has 0 rings (SSSR count). The van der Waals surface area contributed by atoms with Crippen LogP contribution >= 0.6 is 8.38 Å². The number of hydrogen-bond donors (Lipinski definition) is 3. The molecule has 5 heteroatoms. The van der Waals surface area contributed by atoms with Crippen LogP contribution < -0.4 is 5.32 Å². The molecule has 0 aromatic heterocycles. The standard InChI is InChI=1S/C9H19N2O2P/c1-10-7-5-3-2-4-6-8-11-9-14(12)13/h5,7,9-10,12-13H,2-4,6,8H2,1H3. The average Bonchev–Trinajstić information content (AvgIpc) is 2.15. The molecule has 0 saturated heterocycles. The van der Waals surface area contributed by atoms with Crippen LogP contribution in [0.1, 0.15) is 25.7 Å². The molecule has 0 heterocycles. The quantitative estimate of drug-likeness (QED) is 0.329. The van der Waals surface area contributed by atoms with E-state index in [4.69, 9.17) is 9.79 Å². The molecule has 3 N–H and O–H groups in total. The SMILES string of the molecule is CNC=CCCCCCN=CP(O)O. The van der Waals surface area contributed by atoms with Gasteiger partial charge >= 0.3 is 0 Å². The second-order valence-corrected chi connectivity index (χ2v) is 3.75. The van der Waals surface area contributed by atoms with Crippen molar-refractivity contribution >= 4 is 14.3 Å². The summed E-state index contributed by atoms with van der Waals surface area (Å²) in [5.41, 5.74) is 0. The van der Waals surface area contributed by atoms with Crippen LogP contribution in [-0.2, 0) is 0 Å². The Morgan fingerprint density at radius 1 is 1.29 bits per heavy atom. The van der Waals surface area contributed by atoms with Crippen molar-refractivity contribution in [1.82, 2.24) is 5.32 Å². The summed E-state index contributed by atoms with van der Waals surface area (Å²) in [6, 6.07) is 0. The van der Waals surface area contributed by atoms with Crippen LogP contribution in [0.5, 0.6) is 0 Å². The van der Waals surface area contributed by atoms with Gasteiger partial charge < -0.3 is 15.1 Å². The van der Waals surface area contributed by atoms with Gasteiger partial charge in [0.2, 0.25) is 8.38 Å². The van der Waals surface area contributed by atoms with E-state index in [0.29, 0.717) is 6.54 Å². The van der Waals surface area contributed by atoms with Gasteiger partial charge in [0.25, 0.3) is 0 Å². The number of rotatable bonds is 8. The maximum absolute atomic E-state index is 8.51. The molecule has 0 aromatic rings. The van der Waals surface area contributed by atoms with Crippen LogP contribution in [0.25, 0.3) is 0 Å². The van der Waals surface area contributed by atoms with Gasteiger partial charge in [-0.2, -0.15) is 0 Å². The summed E-state index contributed by atoms with van der Waals surface area (Å²) in [5, 5.41) is 2.93. The van der Waals surface area contributed by atoms with Crippen molar-refractivity contribution in [3.05, 3.63) is 12.3 Å². The summed E-state index contributed by atoms with van der Waals surface area (Å²) in [6.07, 6.45) is 8.40. The zero-order valence-corrected chi connectivity index (χ0v) is 9.45. The fraction of sp³-hybridized carbons (Fsp3) is 0.667. The molecule has 0 unspecified atom stereocenters. The third-order valence-corrected chi connectivity index (χ3v) is 2.00. The lowest BCUT2D eigenvalue weighted by molar-refractivity contribution is 0.501. The first-order valence-electron chi connectivity index (χ1n) is 4.76. The molecule has 14 heavy (non-hydrogen) atoms. The summed E-state index contributed by atoms with van der Waals surface area (Å²) in [5.74, 6) is 1.22. The molecule has 0 aliphatic carbocycles. The lowest BCUT2D eigenvalue weighted by atomic mass is 10.2. The van der Waals surface area contributed by atoms with Gasteiger partial charge in [-0.15, -0.1) is 0 Å². The zero-order valence-electron chi connectivity index (χ0n) is 8.56. The molecule has 0 saturated carbocycles. The van der Waals surface area contributed by atoms with Gasteiger partial charge in [-0.25, -0.2) is 0 Å². The molecule has 0 aliphatic rings. The first-order chi connectivity index (χ1) is 6.77. The Bertz CT molecular complexity index is 172. The van der Waals surface area contributed by atoms with Gasteiger partial charge in [0.1, 0.15) is 0 Å². The van der Waals surface area contributed by atoms with E-state index in [1.165, 1.54) is 5.96 Å². The minimum Gasteiger partial charge on any atom is -0.394 e. The number of unbranched alkanes of at least 4 members (excludes halogenated alkanes) is 3. The highest BCUT2D eigenvalue weighted by Gasteiger charge is 1.89. The zero-order chi connectivity index (χ0) is 10.6. The molecule has 0 aromatic carbocycles. The fourth-order valence-corrected chi connectivity index (χ4v) is 1.24. The van der Waals surface area contributed by atoms with Crippen molar-refractivity contribution in [2.45, 2.75) is 25.7 Å². The van der Waals surface area contributed by atoms with Crippen molar-refractivity contribution in [1.29, 1.82) is 0 Å². The van der Waals surface area contributed by atoms with E-state index in [9.17, 15) is 0 Å². The van der Waals surface area contributed by atoms with Crippen LogP contribution in [0.15, 0.2) is 17.3 Å². The van der Waals surface area contributed by atoms with Gasteiger partial charge in [-0.1, -0.05) is 12.5 Å². The van der Waals surface area contributed by atoms with Gasteiger partial charge in [-0.05, 0) is 25.5 Å².